The maximum Gasteiger partial charge on any atom is 0.278 e. The van der Waals surface area contributed by atoms with Gasteiger partial charge < -0.3 is 9.15 Å². The summed E-state index contributed by atoms with van der Waals surface area (Å²) in [5, 5.41) is 0. The summed E-state index contributed by atoms with van der Waals surface area (Å²) < 4.78 is 24.4. The number of rotatable bonds is 1. The number of ether oxygens (including phenoxy) is 1. The minimum Gasteiger partial charge on any atom is -0.469 e. The average molecular weight is 300 g/mol. The second kappa shape index (κ2) is 4.32. The first-order valence-corrected chi connectivity index (χ1v) is 7.88. The third-order valence-electron chi connectivity index (χ3n) is 5.40. The van der Waals surface area contributed by atoms with E-state index in [9.17, 15) is 4.39 Å². The minimum absolute atomic E-state index is 0.0983. The fraction of sp³-hybridized carbons (Fsp3) is 0.471. The van der Waals surface area contributed by atoms with Crippen LogP contribution in [0.25, 0.3) is 11.3 Å². The third-order valence-corrected chi connectivity index (χ3v) is 5.40. The summed E-state index contributed by atoms with van der Waals surface area (Å²) >= 11 is 0. The van der Waals surface area contributed by atoms with E-state index >= 15 is 0 Å². The van der Waals surface area contributed by atoms with Crippen LogP contribution in [0, 0.1) is 11.9 Å². The molecule has 0 N–H and O–H groups in total. The normalized spacial score (nSPS) is 32.2. The summed E-state index contributed by atoms with van der Waals surface area (Å²) in [5.41, 5.74) is 1.83. The molecule has 0 amide bonds. The van der Waals surface area contributed by atoms with E-state index in [-0.39, 0.29) is 5.60 Å². The molecule has 22 heavy (non-hydrogen) atoms. The topological polar surface area (TPSA) is 38.5 Å². The molecule has 114 valence electrons. The van der Waals surface area contributed by atoms with Crippen LogP contribution in [-0.2, 0) is 6.42 Å². The van der Waals surface area contributed by atoms with E-state index in [1.165, 1.54) is 32.0 Å². The molecular weight excluding hydrogens is 283 g/mol. The SMILES string of the molecule is Fc1ccc(-c2cnc3c(c2)C[C@@]2(CN4CCC2CC4)O3)o1. The van der Waals surface area contributed by atoms with Crippen molar-refractivity contribution in [3.05, 3.63) is 36.0 Å². The van der Waals surface area contributed by atoms with Crippen molar-refractivity contribution < 1.29 is 13.5 Å². The third kappa shape index (κ3) is 1.75. The largest absolute Gasteiger partial charge is 0.469 e. The Labute approximate surface area is 127 Å². The zero-order chi connectivity index (χ0) is 14.7. The van der Waals surface area contributed by atoms with Crippen LogP contribution in [0.15, 0.2) is 28.8 Å². The first kappa shape index (κ1) is 12.6. The smallest absolute Gasteiger partial charge is 0.278 e. The molecule has 1 spiro atoms. The average Bonchev–Trinajstić information content (AvgIpc) is 3.11. The molecule has 5 heteroatoms. The van der Waals surface area contributed by atoms with Gasteiger partial charge in [-0.25, -0.2) is 4.98 Å². The predicted molar refractivity (Wildman–Crippen MR) is 78.1 cm³/mol. The van der Waals surface area contributed by atoms with Gasteiger partial charge in [-0.05, 0) is 38.1 Å². The summed E-state index contributed by atoms with van der Waals surface area (Å²) in [4.78, 5) is 6.95. The van der Waals surface area contributed by atoms with Crippen molar-refractivity contribution >= 4 is 0 Å². The molecule has 6 heterocycles. The number of pyridine rings is 1. The number of hydrogen-bond acceptors (Lipinski definition) is 4. The molecule has 2 bridgehead atoms. The number of hydrogen-bond donors (Lipinski definition) is 0. The monoisotopic (exact) mass is 300 g/mol. The molecule has 2 aromatic heterocycles. The van der Waals surface area contributed by atoms with Crippen LogP contribution in [0.3, 0.4) is 0 Å². The Hall–Kier alpha value is -1.88. The van der Waals surface area contributed by atoms with Crippen molar-refractivity contribution in [2.75, 3.05) is 19.6 Å². The predicted octanol–water partition coefficient (Wildman–Crippen LogP) is 2.88. The molecule has 0 radical (unpaired) electrons. The van der Waals surface area contributed by atoms with E-state index in [2.05, 4.69) is 9.88 Å². The molecule has 4 aliphatic rings. The summed E-state index contributed by atoms with van der Waals surface area (Å²) in [6.45, 7) is 3.38. The Morgan fingerprint density at radius 2 is 2.14 bits per heavy atom. The van der Waals surface area contributed by atoms with Crippen molar-refractivity contribution in [3.8, 4) is 17.2 Å². The van der Waals surface area contributed by atoms with Gasteiger partial charge in [0, 0.05) is 42.3 Å². The van der Waals surface area contributed by atoms with Gasteiger partial charge in [-0.3, -0.25) is 4.90 Å². The number of nitrogens with zero attached hydrogens (tertiary/aromatic N) is 2. The summed E-state index contributed by atoms with van der Waals surface area (Å²) in [7, 11) is 0. The van der Waals surface area contributed by atoms with Crippen LogP contribution in [0.5, 0.6) is 5.88 Å². The summed E-state index contributed by atoms with van der Waals surface area (Å²) in [6, 6.07) is 4.43. The van der Waals surface area contributed by atoms with Crippen LogP contribution in [-0.4, -0.2) is 35.1 Å². The lowest BCUT2D eigenvalue weighted by Crippen LogP contribution is -2.61. The van der Waals surface area contributed by atoms with Gasteiger partial charge >= 0.3 is 0 Å². The minimum atomic E-state index is -0.569. The highest BCUT2D eigenvalue weighted by Crippen LogP contribution is 2.46. The van der Waals surface area contributed by atoms with Crippen LogP contribution in [0.4, 0.5) is 4.39 Å². The fourth-order valence-electron chi connectivity index (χ4n) is 4.31. The summed E-state index contributed by atoms with van der Waals surface area (Å²) in [5.74, 6) is 1.88. The molecule has 4 aliphatic heterocycles. The van der Waals surface area contributed by atoms with Gasteiger partial charge in [-0.15, -0.1) is 0 Å². The number of fused-ring (bicyclic) bond motifs is 3. The lowest BCUT2D eigenvalue weighted by molar-refractivity contribution is -0.0814. The van der Waals surface area contributed by atoms with Crippen molar-refractivity contribution in [2.24, 2.45) is 5.92 Å². The van der Waals surface area contributed by atoms with Gasteiger partial charge in [0.15, 0.2) is 0 Å². The molecule has 0 aliphatic carbocycles. The molecule has 4 nitrogen and oxygen atoms in total. The highest BCUT2D eigenvalue weighted by Gasteiger charge is 2.52. The number of halogens is 1. The molecule has 0 aromatic carbocycles. The Morgan fingerprint density at radius 3 is 2.82 bits per heavy atom. The van der Waals surface area contributed by atoms with E-state index in [0.717, 1.165) is 30.0 Å². The zero-order valence-electron chi connectivity index (χ0n) is 12.2. The standard InChI is InChI=1S/C17H17FN2O2/c18-15-2-1-14(21-15)12-7-11-8-17(22-16(11)19-9-12)10-20-5-3-13(17)4-6-20/h1-2,7,9,13H,3-6,8,10H2/t17-/m0/s1. The lowest BCUT2D eigenvalue weighted by Gasteiger charge is -2.50. The molecular formula is C17H17FN2O2. The van der Waals surface area contributed by atoms with Crippen LogP contribution < -0.4 is 4.74 Å². The van der Waals surface area contributed by atoms with E-state index in [0.29, 0.717) is 11.7 Å². The van der Waals surface area contributed by atoms with Crippen molar-refractivity contribution in [1.29, 1.82) is 0 Å². The Balaban J connectivity index is 1.49. The molecule has 1 atom stereocenters. The molecule has 6 rings (SSSR count). The molecule has 3 saturated heterocycles. The van der Waals surface area contributed by atoms with Crippen molar-refractivity contribution in [3.63, 3.8) is 0 Å². The number of aromatic nitrogens is 1. The van der Waals surface area contributed by atoms with Gasteiger partial charge in [0.25, 0.3) is 6.01 Å². The maximum absolute atomic E-state index is 13.1. The van der Waals surface area contributed by atoms with Gasteiger partial charge in [0.1, 0.15) is 11.4 Å². The van der Waals surface area contributed by atoms with Gasteiger partial charge in [0.2, 0.25) is 5.88 Å². The van der Waals surface area contributed by atoms with Gasteiger partial charge in [-0.1, -0.05) is 0 Å². The quantitative estimate of drug-likeness (QED) is 0.812. The summed E-state index contributed by atoms with van der Waals surface area (Å²) in [6.07, 6.45) is 5.03. The second-order valence-electron chi connectivity index (χ2n) is 6.69. The fourth-order valence-corrected chi connectivity index (χ4v) is 4.31. The van der Waals surface area contributed by atoms with E-state index in [1.54, 1.807) is 12.3 Å². The van der Waals surface area contributed by atoms with Gasteiger partial charge in [-0.2, -0.15) is 4.39 Å². The Bertz CT molecular complexity index is 736. The molecule has 3 fully saturated rings. The van der Waals surface area contributed by atoms with Crippen molar-refractivity contribution in [1.82, 2.24) is 9.88 Å². The van der Waals surface area contributed by atoms with E-state index < -0.39 is 6.01 Å². The highest BCUT2D eigenvalue weighted by molar-refractivity contribution is 5.59. The van der Waals surface area contributed by atoms with Crippen molar-refractivity contribution in [2.45, 2.75) is 24.9 Å². The molecule has 0 unspecified atom stereocenters. The highest BCUT2D eigenvalue weighted by atomic mass is 19.1. The molecule has 0 saturated carbocycles. The van der Waals surface area contributed by atoms with E-state index in [1.807, 2.05) is 6.07 Å². The van der Waals surface area contributed by atoms with E-state index in [4.69, 9.17) is 9.15 Å². The number of furan rings is 1. The van der Waals surface area contributed by atoms with Crippen LogP contribution in [0.2, 0.25) is 0 Å². The maximum atomic E-state index is 13.1. The molecule has 2 aromatic rings. The second-order valence-corrected chi connectivity index (χ2v) is 6.69. The zero-order valence-corrected chi connectivity index (χ0v) is 12.2. The Morgan fingerprint density at radius 1 is 1.27 bits per heavy atom. The first-order valence-electron chi connectivity index (χ1n) is 7.88. The number of piperidine rings is 3. The Kier molecular flexibility index (Phi) is 2.48. The van der Waals surface area contributed by atoms with Crippen LogP contribution >= 0.6 is 0 Å². The van der Waals surface area contributed by atoms with Gasteiger partial charge in [0.05, 0.1) is 0 Å². The lowest BCUT2D eigenvalue weighted by atomic mass is 9.73. The van der Waals surface area contributed by atoms with Crippen LogP contribution in [0.1, 0.15) is 18.4 Å². The first-order chi connectivity index (χ1) is 10.7.